The van der Waals surface area contributed by atoms with E-state index in [1.807, 2.05) is 42.3 Å². The van der Waals surface area contributed by atoms with Crippen molar-refractivity contribution in [1.29, 1.82) is 0 Å². The molecule has 0 saturated heterocycles. The van der Waals surface area contributed by atoms with Crippen LogP contribution in [0.1, 0.15) is 24.5 Å². The third-order valence-electron chi connectivity index (χ3n) is 4.70. The van der Waals surface area contributed by atoms with Crippen LogP contribution in [0.15, 0.2) is 54.6 Å². The minimum Gasteiger partial charge on any atom is -1.00 e. The molecule has 0 bridgehead atoms. The molecule has 1 aliphatic rings. The number of anilines is 1. The molecular weight excluding hydrogens is 308 g/mol. The maximum atomic E-state index is 13.3. The van der Waals surface area contributed by atoms with E-state index in [4.69, 9.17) is 0 Å². The van der Waals surface area contributed by atoms with Crippen LogP contribution in [0.2, 0.25) is 0 Å². The average molecular weight is 331 g/mol. The van der Waals surface area contributed by atoms with E-state index in [2.05, 4.69) is 36.5 Å². The number of halogens is 1. The number of fused-ring (bicyclic) bond motifs is 1. The number of likely N-dealkylation sites (N-methyl/N-ethyl adjacent to an activating group) is 1. The molecular formula is C19H23ClN2O. The first-order chi connectivity index (χ1) is 10.8. The molecule has 0 radical (unpaired) electrons. The molecule has 1 heterocycles. The van der Waals surface area contributed by atoms with E-state index < -0.39 is 5.41 Å². The molecule has 3 nitrogen and oxygen atoms in total. The minimum atomic E-state index is -0.536. The molecule has 0 fully saturated rings. The molecule has 1 atom stereocenters. The van der Waals surface area contributed by atoms with E-state index in [0.29, 0.717) is 0 Å². The summed E-state index contributed by atoms with van der Waals surface area (Å²) >= 11 is 0. The number of rotatable bonds is 5. The van der Waals surface area contributed by atoms with Crippen LogP contribution in [0.4, 0.5) is 5.69 Å². The van der Waals surface area contributed by atoms with Gasteiger partial charge in [-0.15, -0.1) is 0 Å². The molecule has 4 heteroatoms. The number of nitrogens with two attached hydrogens (primary N) is 1. The van der Waals surface area contributed by atoms with E-state index in [-0.39, 0.29) is 18.3 Å². The standard InChI is InChI=1S/C19H22N2O.ClH/c1-3-19(15-9-5-4-6-10-15)16-11-7-8-12-17(16)21(18(19)22)14-13-20-2;/h4-12,20H,3,13-14H2,1-2H3;1H. The smallest absolute Gasteiger partial charge is 0.242 e. The van der Waals surface area contributed by atoms with Crippen LogP contribution < -0.4 is 22.6 Å². The van der Waals surface area contributed by atoms with Crippen molar-refractivity contribution in [2.24, 2.45) is 0 Å². The number of hydrogen-bond acceptors (Lipinski definition) is 1. The molecule has 1 aliphatic heterocycles. The van der Waals surface area contributed by atoms with E-state index in [9.17, 15) is 4.79 Å². The Labute approximate surface area is 144 Å². The lowest BCUT2D eigenvalue weighted by Crippen LogP contribution is -3.00. The van der Waals surface area contributed by atoms with Gasteiger partial charge in [0.25, 0.3) is 0 Å². The molecule has 1 amide bonds. The summed E-state index contributed by atoms with van der Waals surface area (Å²) < 4.78 is 0. The number of carbonyl (C=O) groups excluding carboxylic acids is 1. The molecule has 122 valence electrons. The van der Waals surface area contributed by atoms with Crippen LogP contribution in [0, 0.1) is 0 Å². The van der Waals surface area contributed by atoms with Crippen LogP contribution in [-0.2, 0) is 10.2 Å². The lowest BCUT2D eigenvalue weighted by molar-refractivity contribution is -0.624. The fourth-order valence-electron chi connectivity index (χ4n) is 3.55. The molecule has 0 aromatic heterocycles. The second-order valence-corrected chi connectivity index (χ2v) is 5.80. The van der Waals surface area contributed by atoms with Gasteiger partial charge in [-0.05, 0) is 23.6 Å². The van der Waals surface area contributed by atoms with Crippen LogP contribution in [0.3, 0.4) is 0 Å². The van der Waals surface area contributed by atoms with Crippen LogP contribution >= 0.6 is 0 Å². The van der Waals surface area contributed by atoms with Gasteiger partial charge in [-0.2, -0.15) is 0 Å². The maximum absolute atomic E-state index is 13.3. The van der Waals surface area contributed by atoms with Crippen molar-refractivity contribution >= 4 is 11.6 Å². The Morgan fingerprint density at radius 3 is 2.35 bits per heavy atom. The molecule has 0 aliphatic carbocycles. The van der Waals surface area contributed by atoms with Crippen molar-refractivity contribution in [3.63, 3.8) is 0 Å². The predicted molar refractivity (Wildman–Crippen MR) is 89.0 cm³/mol. The minimum absolute atomic E-state index is 0. The summed E-state index contributed by atoms with van der Waals surface area (Å²) in [5.74, 6) is 0.212. The van der Waals surface area contributed by atoms with Crippen molar-refractivity contribution in [3.8, 4) is 0 Å². The predicted octanol–water partition coefficient (Wildman–Crippen LogP) is -1.07. The summed E-state index contributed by atoms with van der Waals surface area (Å²) in [5, 5.41) is 2.12. The van der Waals surface area contributed by atoms with Crippen molar-refractivity contribution in [2.45, 2.75) is 18.8 Å². The summed E-state index contributed by atoms with van der Waals surface area (Å²) in [6.45, 7) is 3.77. The fourth-order valence-corrected chi connectivity index (χ4v) is 3.55. The van der Waals surface area contributed by atoms with Gasteiger partial charge in [-0.1, -0.05) is 55.5 Å². The van der Waals surface area contributed by atoms with Crippen LogP contribution in [0.25, 0.3) is 0 Å². The Bertz CT molecular complexity index is 674. The largest absolute Gasteiger partial charge is 1.00 e. The van der Waals surface area contributed by atoms with E-state index >= 15 is 0 Å². The first-order valence-electron chi connectivity index (χ1n) is 8.00. The summed E-state index contributed by atoms with van der Waals surface area (Å²) in [6, 6.07) is 18.4. The number of nitrogens with zero attached hydrogens (tertiary/aromatic N) is 1. The van der Waals surface area contributed by atoms with Gasteiger partial charge >= 0.3 is 0 Å². The van der Waals surface area contributed by atoms with Gasteiger partial charge in [0.1, 0.15) is 5.41 Å². The molecule has 2 N–H and O–H groups in total. The van der Waals surface area contributed by atoms with Gasteiger partial charge in [0.15, 0.2) is 0 Å². The van der Waals surface area contributed by atoms with Crippen LogP contribution in [-0.4, -0.2) is 26.0 Å². The summed E-state index contributed by atoms with van der Waals surface area (Å²) in [6.07, 6.45) is 0.777. The van der Waals surface area contributed by atoms with Crippen molar-refractivity contribution in [1.82, 2.24) is 0 Å². The number of hydrogen-bond donors (Lipinski definition) is 1. The van der Waals surface area contributed by atoms with Crippen LogP contribution in [0.5, 0.6) is 0 Å². The summed E-state index contributed by atoms with van der Waals surface area (Å²) in [5.41, 5.74) is 2.77. The van der Waals surface area contributed by atoms with E-state index in [1.165, 1.54) is 0 Å². The van der Waals surface area contributed by atoms with Crippen molar-refractivity contribution < 1.29 is 22.5 Å². The van der Waals surface area contributed by atoms with Crippen molar-refractivity contribution in [3.05, 3.63) is 65.7 Å². The van der Waals surface area contributed by atoms with Gasteiger partial charge in [-0.3, -0.25) is 4.79 Å². The molecule has 1 unspecified atom stereocenters. The number of carbonyl (C=O) groups is 1. The quantitative estimate of drug-likeness (QED) is 0.744. The highest BCUT2D eigenvalue weighted by molar-refractivity contribution is 6.10. The number of para-hydroxylation sites is 1. The third-order valence-corrected chi connectivity index (χ3v) is 4.70. The zero-order valence-corrected chi connectivity index (χ0v) is 14.4. The Morgan fingerprint density at radius 1 is 1.04 bits per heavy atom. The molecule has 3 rings (SSSR count). The molecule has 23 heavy (non-hydrogen) atoms. The normalized spacial score (nSPS) is 19.4. The van der Waals surface area contributed by atoms with Crippen molar-refractivity contribution in [2.75, 3.05) is 25.0 Å². The van der Waals surface area contributed by atoms with Gasteiger partial charge in [0.2, 0.25) is 5.91 Å². The summed E-state index contributed by atoms with van der Waals surface area (Å²) in [7, 11) is 2.04. The lowest BCUT2D eigenvalue weighted by Gasteiger charge is -2.28. The van der Waals surface area contributed by atoms with Gasteiger partial charge in [0, 0.05) is 5.69 Å². The van der Waals surface area contributed by atoms with Gasteiger partial charge in [0.05, 0.1) is 20.1 Å². The zero-order chi connectivity index (χ0) is 15.6. The SMILES string of the molecule is CCC1(c2ccccc2)C(=O)N(CC[NH2+]C)c2ccccc21.[Cl-]. The Balaban J connectivity index is 0.00000192. The maximum Gasteiger partial charge on any atom is 0.242 e. The lowest BCUT2D eigenvalue weighted by atomic mass is 9.73. The number of quaternary nitrogens is 1. The highest BCUT2D eigenvalue weighted by Crippen LogP contribution is 2.47. The number of amides is 1. The zero-order valence-electron chi connectivity index (χ0n) is 13.6. The van der Waals surface area contributed by atoms with Gasteiger partial charge < -0.3 is 22.6 Å². The topological polar surface area (TPSA) is 36.9 Å². The molecule has 2 aromatic rings. The third kappa shape index (κ3) is 2.64. The first-order valence-corrected chi connectivity index (χ1v) is 8.00. The van der Waals surface area contributed by atoms with E-state index in [1.54, 1.807) is 0 Å². The average Bonchev–Trinajstić information content (AvgIpc) is 2.82. The summed E-state index contributed by atoms with van der Waals surface area (Å²) in [4.78, 5) is 15.3. The molecule has 2 aromatic carbocycles. The highest BCUT2D eigenvalue weighted by Gasteiger charge is 2.50. The Hall–Kier alpha value is -1.84. The molecule has 0 saturated carbocycles. The van der Waals surface area contributed by atoms with Gasteiger partial charge in [-0.25, -0.2) is 0 Å². The highest BCUT2D eigenvalue weighted by atomic mass is 35.5. The van der Waals surface area contributed by atoms with E-state index in [0.717, 1.165) is 36.3 Å². The second-order valence-electron chi connectivity index (χ2n) is 5.80. The monoisotopic (exact) mass is 330 g/mol. The Morgan fingerprint density at radius 2 is 1.70 bits per heavy atom. The Kier molecular flexibility index (Phi) is 5.45. The first kappa shape index (κ1) is 17.5. The fraction of sp³-hybridized carbons (Fsp3) is 0.316. The second kappa shape index (κ2) is 7.16. The number of benzene rings is 2. The molecule has 0 spiro atoms.